The molecule has 0 amide bonds. The quantitative estimate of drug-likeness (QED) is 0.298. The van der Waals surface area contributed by atoms with Gasteiger partial charge in [0, 0.05) is 5.70 Å². The Kier molecular flexibility index (Phi) is 8.53. The molecule has 0 radical (unpaired) electrons. The van der Waals surface area contributed by atoms with Crippen LogP contribution in [0.1, 0.15) is 107 Å². The zero-order valence-electron chi connectivity index (χ0n) is 26.6. The van der Waals surface area contributed by atoms with Crippen LogP contribution >= 0.6 is 11.6 Å². The van der Waals surface area contributed by atoms with E-state index in [1.165, 1.54) is 27.9 Å². The predicted molar refractivity (Wildman–Crippen MR) is 178 cm³/mol. The van der Waals surface area contributed by atoms with E-state index in [2.05, 4.69) is 78.9 Å². The molecule has 8 bridgehead atoms. The molecular weight excluding hydrogens is 540 g/mol. The van der Waals surface area contributed by atoms with Crippen LogP contribution < -0.4 is 5.32 Å². The van der Waals surface area contributed by atoms with Gasteiger partial charge >= 0.3 is 0 Å². The highest BCUT2D eigenvalue weighted by Crippen LogP contribution is 2.50. The molecule has 0 aromatic carbocycles. The molecule has 0 saturated carbocycles. The first-order chi connectivity index (χ1) is 20.3. The van der Waals surface area contributed by atoms with Gasteiger partial charge in [-0.25, -0.2) is 15.0 Å². The molecule has 5 aliphatic heterocycles. The highest BCUT2D eigenvalue weighted by Gasteiger charge is 2.45. The fourth-order valence-corrected chi connectivity index (χ4v) is 7.62. The molecule has 5 rings (SSSR count). The number of nitrogens with zero attached hydrogens (tertiary/aromatic N) is 3. The number of aliphatic hydroxyl groups excluding tert-OH is 1. The average Bonchev–Trinajstić information content (AvgIpc) is 3.71. The number of rotatable bonds is 8. The molecule has 0 fully saturated rings. The highest BCUT2D eigenvalue weighted by atomic mass is 35.5. The van der Waals surface area contributed by atoms with Gasteiger partial charge in [-0.2, -0.15) is 0 Å². The van der Waals surface area contributed by atoms with Crippen molar-refractivity contribution in [2.45, 2.75) is 107 Å². The van der Waals surface area contributed by atoms with Gasteiger partial charge in [0.05, 0.1) is 50.4 Å². The summed E-state index contributed by atoms with van der Waals surface area (Å²) >= 11 is 7.25. The number of aliphatic hydroxyl groups is 1. The minimum atomic E-state index is -0.571. The van der Waals surface area contributed by atoms with Gasteiger partial charge < -0.3 is 10.4 Å². The van der Waals surface area contributed by atoms with Crippen LogP contribution in [0.2, 0.25) is 0 Å². The summed E-state index contributed by atoms with van der Waals surface area (Å²) in [7, 11) is 0. The number of nitrogens with one attached hydrogen (secondary N) is 1. The topological polar surface area (TPSA) is 69.3 Å². The first-order valence-electron chi connectivity index (χ1n) is 16.0. The lowest BCUT2D eigenvalue weighted by Crippen LogP contribution is -2.25. The fourth-order valence-electron chi connectivity index (χ4n) is 7.33. The summed E-state index contributed by atoms with van der Waals surface area (Å²) in [5, 5.41) is 15.9. The van der Waals surface area contributed by atoms with Crippen LogP contribution in [0.4, 0.5) is 0 Å². The summed E-state index contributed by atoms with van der Waals surface area (Å²) < 4.78 is 0. The van der Waals surface area contributed by atoms with Crippen LogP contribution in [0.15, 0.2) is 106 Å². The molecule has 0 spiro atoms. The maximum Gasteiger partial charge on any atom is 0.129 e. The average molecular weight is 585 g/mol. The van der Waals surface area contributed by atoms with E-state index < -0.39 is 5.41 Å². The molecule has 0 atom stereocenters. The zero-order chi connectivity index (χ0) is 30.3. The predicted octanol–water partition coefficient (Wildman–Crippen LogP) is 9.99. The molecule has 0 aliphatic carbocycles. The van der Waals surface area contributed by atoms with Crippen LogP contribution in [0.3, 0.4) is 0 Å². The van der Waals surface area contributed by atoms with Gasteiger partial charge in [-0.05, 0) is 103 Å². The van der Waals surface area contributed by atoms with Crippen molar-refractivity contribution in [1.29, 1.82) is 0 Å². The summed E-state index contributed by atoms with van der Waals surface area (Å²) in [5.41, 5.74) is 13.9. The molecule has 2 N–H and O–H groups in total. The van der Waals surface area contributed by atoms with Gasteiger partial charge in [-0.15, -0.1) is 0 Å². The first kappa shape index (κ1) is 30.3. The lowest BCUT2D eigenvalue weighted by molar-refractivity contribution is 0.250. The molecule has 0 saturated heterocycles. The Morgan fingerprint density at radius 3 is 1.50 bits per heavy atom. The molecule has 5 aliphatic rings. The molecule has 5 heterocycles. The fraction of sp³-hybridized carbons (Fsp3) is 0.472. The zero-order valence-corrected chi connectivity index (χ0v) is 27.3. The number of hydrogen-bond donors (Lipinski definition) is 2. The first-order valence-corrected chi connectivity index (χ1v) is 16.3. The molecule has 6 heteroatoms. The molecule has 0 aromatic rings. The number of halogens is 1. The van der Waals surface area contributed by atoms with Gasteiger partial charge in [0.15, 0.2) is 0 Å². The van der Waals surface area contributed by atoms with Gasteiger partial charge in [0.1, 0.15) is 5.76 Å². The van der Waals surface area contributed by atoms with Crippen molar-refractivity contribution in [2.75, 3.05) is 0 Å². The summed E-state index contributed by atoms with van der Waals surface area (Å²) in [6.07, 6.45) is 13.2. The van der Waals surface area contributed by atoms with Crippen LogP contribution in [0, 0.1) is 5.41 Å². The Morgan fingerprint density at radius 1 is 0.619 bits per heavy atom. The Bertz CT molecular complexity index is 1570. The van der Waals surface area contributed by atoms with E-state index in [9.17, 15) is 5.11 Å². The second-order valence-electron chi connectivity index (χ2n) is 11.4. The Balaban J connectivity index is 1.89. The van der Waals surface area contributed by atoms with Gasteiger partial charge in [-0.3, -0.25) is 0 Å². The maximum atomic E-state index is 11.9. The molecular formula is C36H45ClN4O. The molecule has 0 aromatic heterocycles. The third kappa shape index (κ3) is 4.47. The number of hydrogen-bond acceptors (Lipinski definition) is 5. The van der Waals surface area contributed by atoms with Crippen molar-refractivity contribution in [1.82, 2.24) is 5.32 Å². The van der Waals surface area contributed by atoms with E-state index >= 15 is 0 Å². The lowest BCUT2D eigenvalue weighted by Gasteiger charge is -2.28. The maximum absolute atomic E-state index is 11.9. The smallest absolute Gasteiger partial charge is 0.129 e. The van der Waals surface area contributed by atoms with E-state index in [-0.39, 0.29) is 5.76 Å². The number of allylic oxidation sites excluding steroid dienone is 10. The normalized spacial score (nSPS) is 21.6. The summed E-state index contributed by atoms with van der Waals surface area (Å²) in [4.78, 5) is 15.6. The van der Waals surface area contributed by atoms with Crippen LogP contribution in [-0.2, 0) is 0 Å². The van der Waals surface area contributed by atoms with Gasteiger partial charge in [0.2, 0.25) is 0 Å². The van der Waals surface area contributed by atoms with Crippen LogP contribution in [0.5, 0.6) is 0 Å². The second kappa shape index (κ2) is 11.8. The van der Waals surface area contributed by atoms with Gasteiger partial charge in [0.25, 0.3) is 0 Å². The summed E-state index contributed by atoms with van der Waals surface area (Å²) in [6, 6.07) is 0. The lowest BCUT2D eigenvalue weighted by atomic mass is 9.78. The van der Waals surface area contributed by atoms with E-state index in [4.69, 9.17) is 26.6 Å². The third-order valence-electron chi connectivity index (χ3n) is 9.69. The third-order valence-corrected chi connectivity index (χ3v) is 10.1. The van der Waals surface area contributed by atoms with Crippen LogP contribution in [0.25, 0.3) is 0 Å². The second-order valence-corrected chi connectivity index (χ2v) is 11.8. The van der Waals surface area contributed by atoms with E-state index in [1.807, 2.05) is 0 Å². The Labute approximate surface area is 256 Å². The van der Waals surface area contributed by atoms with Crippen LogP contribution in [-0.4, -0.2) is 22.2 Å². The Morgan fingerprint density at radius 2 is 1.05 bits per heavy atom. The van der Waals surface area contributed by atoms with Crippen molar-refractivity contribution < 1.29 is 5.11 Å². The minimum absolute atomic E-state index is 0.289. The van der Waals surface area contributed by atoms with Crippen molar-refractivity contribution in [3.05, 3.63) is 90.9 Å². The van der Waals surface area contributed by atoms with E-state index in [0.29, 0.717) is 10.7 Å². The van der Waals surface area contributed by atoms with E-state index in [0.717, 1.165) is 96.9 Å². The molecule has 42 heavy (non-hydrogen) atoms. The highest BCUT2D eigenvalue weighted by molar-refractivity contribution is 6.33. The molecule has 0 unspecified atom stereocenters. The summed E-state index contributed by atoms with van der Waals surface area (Å²) in [5.74, 6) is 0.289. The van der Waals surface area contributed by atoms with Crippen molar-refractivity contribution in [3.63, 3.8) is 0 Å². The van der Waals surface area contributed by atoms with Crippen molar-refractivity contribution in [2.24, 2.45) is 20.4 Å². The van der Waals surface area contributed by atoms with E-state index in [1.54, 1.807) is 0 Å². The standard InChI is InChI=1S/C36H45ClN4O/c1-9-20-21(10-2)28-18-29-24(13-5)25(14-6)33(40-29)32(37)34-35(42)36(15-7,16-8)31(41-34)19-30-23(12-4)22(11-3)27(39-30)17-26(20)38-28/h17-19,41-42H,9-16H2,1-8H3. The Hall–Kier alpha value is -3.18. The van der Waals surface area contributed by atoms with Gasteiger partial charge in [-0.1, -0.05) is 67.0 Å². The molecule has 222 valence electrons. The number of aliphatic imine (C=N–C) groups is 3. The molecule has 5 nitrogen and oxygen atoms in total. The minimum Gasteiger partial charge on any atom is -0.509 e. The van der Waals surface area contributed by atoms with Crippen molar-refractivity contribution >= 4 is 28.7 Å². The SMILES string of the molecule is CCC1=C(CC)C2=NC1=CC1=NC(=C(Cl)C3=C(O)C(CC)(CC)C(=CC4=NC(=C2)C(CC)=C4CC)N3)C(CC)=C1CC. The monoisotopic (exact) mass is 584 g/mol. The largest absolute Gasteiger partial charge is 0.509 e. The summed E-state index contributed by atoms with van der Waals surface area (Å²) in [6.45, 7) is 17.4. The van der Waals surface area contributed by atoms with Crippen molar-refractivity contribution in [3.8, 4) is 0 Å². The number of fused-ring (bicyclic) bond motifs is 5.